The predicted octanol–water partition coefficient (Wildman–Crippen LogP) is 2.12. The Bertz CT molecular complexity index is 869. The third-order valence-electron chi connectivity index (χ3n) is 4.75. The van der Waals surface area contributed by atoms with Crippen LogP contribution in [-0.2, 0) is 22.7 Å². The van der Waals surface area contributed by atoms with Gasteiger partial charge in [-0.15, -0.1) is 0 Å². The van der Waals surface area contributed by atoms with Gasteiger partial charge in [0.1, 0.15) is 5.82 Å². The summed E-state index contributed by atoms with van der Waals surface area (Å²) in [4.78, 5) is 24.4. The molecule has 0 saturated heterocycles. The Hall–Kier alpha value is -3.09. The van der Waals surface area contributed by atoms with Crippen LogP contribution < -0.4 is 20.1 Å². The first kappa shape index (κ1) is 17.3. The van der Waals surface area contributed by atoms with E-state index in [1.807, 2.05) is 18.2 Å². The minimum atomic E-state index is -0.313. The second-order valence-corrected chi connectivity index (χ2v) is 6.70. The average Bonchev–Trinajstić information content (AvgIpc) is 3.35. The summed E-state index contributed by atoms with van der Waals surface area (Å²) in [6.45, 7) is 0.902. The van der Waals surface area contributed by atoms with Crippen molar-refractivity contribution in [2.45, 2.75) is 19.5 Å². The molecule has 1 saturated carbocycles. The van der Waals surface area contributed by atoms with Crippen molar-refractivity contribution >= 4 is 11.8 Å². The van der Waals surface area contributed by atoms with Crippen LogP contribution in [0.5, 0.6) is 11.5 Å². The molecular weight excluding hydrogens is 351 g/mol. The van der Waals surface area contributed by atoms with Crippen molar-refractivity contribution in [1.29, 1.82) is 0 Å². The normalized spacial score (nSPS) is 19.4. The molecule has 4 rings (SSSR count). The largest absolute Gasteiger partial charge is 0.454 e. The molecule has 2 aromatic carbocycles. The molecule has 1 aliphatic carbocycles. The van der Waals surface area contributed by atoms with Crippen LogP contribution >= 0.6 is 0 Å². The summed E-state index contributed by atoms with van der Waals surface area (Å²) >= 11 is 0. The smallest absolute Gasteiger partial charge is 0.231 e. The molecule has 2 unspecified atom stereocenters. The number of carbonyl (C=O) groups is 2. The molecule has 0 spiro atoms. The monoisotopic (exact) mass is 370 g/mol. The lowest BCUT2D eigenvalue weighted by Crippen LogP contribution is -2.29. The second kappa shape index (κ2) is 7.26. The summed E-state index contributed by atoms with van der Waals surface area (Å²) in [6, 6.07) is 11.5. The summed E-state index contributed by atoms with van der Waals surface area (Å²) in [6.07, 6.45) is 0.544. The Morgan fingerprint density at radius 3 is 2.19 bits per heavy atom. The molecule has 2 amide bonds. The number of nitrogens with one attached hydrogen (secondary N) is 2. The lowest BCUT2D eigenvalue weighted by molar-refractivity contribution is -0.127. The van der Waals surface area contributed by atoms with Crippen LogP contribution in [0, 0.1) is 17.7 Å². The maximum absolute atomic E-state index is 12.9. The van der Waals surface area contributed by atoms with Gasteiger partial charge in [0.05, 0.1) is 11.8 Å². The third kappa shape index (κ3) is 4.02. The van der Waals surface area contributed by atoms with Crippen LogP contribution in [0.2, 0.25) is 0 Å². The summed E-state index contributed by atoms with van der Waals surface area (Å²) < 4.78 is 23.5. The summed E-state index contributed by atoms with van der Waals surface area (Å²) in [5, 5.41) is 5.66. The Balaban J connectivity index is 1.22. The fourth-order valence-corrected chi connectivity index (χ4v) is 3.07. The van der Waals surface area contributed by atoms with Crippen molar-refractivity contribution in [3.8, 4) is 11.5 Å². The first-order valence-electron chi connectivity index (χ1n) is 8.78. The van der Waals surface area contributed by atoms with Crippen molar-refractivity contribution in [3.05, 3.63) is 59.4 Å². The second-order valence-electron chi connectivity index (χ2n) is 6.70. The van der Waals surface area contributed by atoms with Gasteiger partial charge in [0.2, 0.25) is 18.6 Å². The molecule has 1 aliphatic heterocycles. The highest BCUT2D eigenvalue weighted by molar-refractivity contribution is 5.92. The SMILES string of the molecule is O=C(NCc1ccc(F)cc1)C1CC1C(=O)NCc1ccc2c(c1)OCO2. The maximum Gasteiger partial charge on any atom is 0.231 e. The Morgan fingerprint density at radius 1 is 0.889 bits per heavy atom. The van der Waals surface area contributed by atoms with Gasteiger partial charge in [-0.25, -0.2) is 4.39 Å². The number of ether oxygens (including phenoxy) is 2. The van der Waals surface area contributed by atoms with Gasteiger partial charge >= 0.3 is 0 Å². The maximum atomic E-state index is 12.9. The van der Waals surface area contributed by atoms with E-state index in [2.05, 4.69) is 10.6 Å². The first-order chi connectivity index (χ1) is 13.1. The molecule has 0 bridgehead atoms. The van der Waals surface area contributed by atoms with E-state index in [1.54, 1.807) is 12.1 Å². The van der Waals surface area contributed by atoms with Crippen LogP contribution in [0.15, 0.2) is 42.5 Å². The highest BCUT2D eigenvalue weighted by atomic mass is 19.1. The number of amides is 2. The fraction of sp³-hybridized carbons (Fsp3) is 0.300. The summed E-state index contributed by atoms with van der Waals surface area (Å²) in [7, 11) is 0. The van der Waals surface area contributed by atoms with Crippen molar-refractivity contribution < 1.29 is 23.5 Å². The zero-order valence-corrected chi connectivity index (χ0v) is 14.5. The van der Waals surface area contributed by atoms with E-state index in [0.29, 0.717) is 31.0 Å². The molecule has 2 aromatic rings. The molecule has 27 heavy (non-hydrogen) atoms. The number of benzene rings is 2. The zero-order chi connectivity index (χ0) is 18.8. The Kier molecular flexibility index (Phi) is 4.66. The van der Waals surface area contributed by atoms with Crippen LogP contribution in [0.1, 0.15) is 17.5 Å². The van der Waals surface area contributed by atoms with E-state index in [4.69, 9.17) is 9.47 Å². The number of halogens is 1. The van der Waals surface area contributed by atoms with Crippen LogP contribution in [0.4, 0.5) is 4.39 Å². The van der Waals surface area contributed by atoms with Gasteiger partial charge in [0.25, 0.3) is 0 Å². The van der Waals surface area contributed by atoms with E-state index in [0.717, 1.165) is 11.1 Å². The predicted molar refractivity (Wildman–Crippen MR) is 94.3 cm³/mol. The number of fused-ring (bicyclic) bond motifs is 1. The number of rotatable bonds is 6. The van der Waals surface area contributed by atoms with Gasteiger partial charge < -0.3 is 20.1 Å². The minimum absolute atomic E-state index is 0.130. The molecule has 1 heterocycles. The van der Waals surface area contributed by atoms with Gasteiger partial charge in [-0.1, -0.05) is 18.2 Å². The lowest BCUT2D eigenvalue weighted by atomic mass is 10.2. The first-order valence-corrected chi connectivity index (χ1v) is 8.78. The van der Waals surface area contributed by atoms with Crippen molar-refractivity contribution in [1.82, 2.24) is 10.6 Å². The fourth-order valence-electron chi connectivity index (χ4n) is 3.07. The summed E-state index contributed by atoms with van der Waals surface area (Å²) in [5.41, 5.74) is 1.72. The summed E-state index contributed by atoms with van der Waals surface area (Å²) in [5.74, 6) is 0.175. The molecule has 2 aliphatic rings. The Morgan fingerprint density at radius 2 is 1.48 bits per heavy atom. The van der Waals surface area contributed by atoms with Gasteiger partial charge in [-0.3, -0.25) is 9.59 Å². The van der Waals surface area contributed by atoms with E-state index >= 15 is 0 Å². The lowest BCUT2D eigenvalue weighted by Gasteiger charge is -2.07. The molecule has 0 radical (unpaired) electrons. The highest BCUT2D eigenvalue weighted by Crippen LogP contribution is 2.39. The molecule has 7 heteroatoms. The van der Waals surface area contributed by atoms with Crippen LogP contribution in [0.3, 0.4) is 0 Å². The van der Waals surface area contributed by atoms with Crippen molar-refractivity contribution in [3.63, 3.8) is 0 Å². The molecule has 1 fully saturated rings. The van der Waals surface area contributed by atoms with Crippen molar-refractivity contribution in [2.75, 3.05) is 6.79 Å². The van der Waals surface area contributed by atoms with Crippen LogP contribution in [-0.4, -0.2) is 18.6 Å². The molecule has 2 atom stereocenters. The highest BCUT2D eigenvalue weighted by Gasteiger charge is 2.47. The van der Waals surface area contributed by atoms with Gasteiger partial charge in [-0.2, -0.15) is 0 Å². The standard InChI is InChI=1S/C20H19FN2O4/c21-14-4-1-12(2-5-14)9-22-19(24)15-8-16(15)20(25)23-10-13-3-6-17-18(7-13)27-11-26-17/h1-7,15-16H,8-11H2,(H,22,24)(H,23,25). The van der Waals surface area contributed by atoms with E-state index in [1.165, 1.54) is 12.1 Å². The van der Waals surface area contributed by atoms with E-state index in [-0.39, 0.29) is 36.3 Å². The quantitative estimate of drug-likeness (QED) is 0.817. The minimum Gasteiger partial charge on any atom is -0.454 e. The van der Waals surface area contributed by atoms with Crippen LogP contribution in [0.25, 0.3) is 0 Å². The Labute approximate surface area is 155 Å². The number of hydrogen-bond donors (Lipinski definition) is 2. The van der Waals surface area contributed by atoms with Gasteiger partial charge in [-0.05, 0) is 41.8 Å². The molecule has 0 aromatic heterocycles. The molecule has 140 valence electrons. The molecule has 2 N–H and O–H groups in total. The third-order valence-corrected chi connectivity index (χ3v) is 4.75. The van der Waals surface area contributed by atoms with Gasteiger partial charge in [0, 0.05) is 13.1 Å². The topological polar surface area (TPSA) is 76.7 Å². The van der Waals surface area contributed by atoms with E-state index in [9.17, 15) is 14.0 Å². The van der Waals surface area contributed by atoms with E-state index < -0.39 is 0 Å². The average molecular weight is 370 g/mol. The number of hydrogen-bond acceptors (Lipinski definition) is 4. The molecular formula is C20H19FN2O4. The van der Waals surface area contributed by atoms with Crippen molar-refractivity contribution in [2.24, 2.45) is 11.8 Å². The zero-order valence-electron chi connectivity index (χ0n) is 14.5. The number of carbonyl (C=O) groups excluding carboxylic acids is 2. The molecule has 6 nitrogen and oxygen atoms in total. The van der Waals surface area contributed by atoms with Gasteiger partial charge in [0.15, 0.2) is 11.5 Å².